The number of nitro groups is 1. The first-order valence-electron chi connectivity index (χ1n) is 3.97. The summed E-state index contributed by atoms with van der Waals surface area (Å²) in [6.45, 7) is 3.35. The van der Waals surface area contributed by atoms with Crippen LogP contribution in [0.4, 0.5) is 11.6 Å². The highest BCUT2D eigenvalue weighted by Crippen LogP contribution is 2.30. The molecule has 15 heavy (non-hydrogen) atoms. The molecular weight excluding hydrogens is 200 g/mol. The fourth-order valence-electron chi connectivity index (χ4n) is 1.14. The van der Waals surface area contributed by atoms with Crippen LogP contribution in [0, 0.1) is 10.1 Å². The molecule has 0 unspecified atom stereocenters. The number of furan rings is 1. The fourth-order valence-corrected chi connectivity index (χ4v) is 1.14. The van der Waals surface area contributed by atoms with Crippen LogP contribution in [0.5, 0.6) is 0 Å². The van der Waals surface area contributed by atoms with Crippen molar-refractivity contribution in [2.75, 3.05) is 0 Å². The molecule has 2 heterocycles. The maximum atomic E-state index is 10.4. The van der Waals surface area contributed by atoms with Crippen LogP contribution in [0.3, 0.4) is 0 Å². The third-order valence-electron chi connectivity index (χ3n) is 1.81. The Bertz CT molecular complexity index is 513. The van der Waals surface area contributed by atoms with Crippen molar-refractivity contribution >= 4 is 18.3 Å². The molecule has 0 fully saturated rings. The number of H-pyrrole nitrogens is 1. The van der Waals surface area contributed by atoms with E-state index >= 15 is 0 Å². The molecule has 0 saturated carbocycles. The summed E-state index contributed by atoms with van der Waals surface area (Å²) in [6.07, 6.45) is 1.46. The van der Waals surface area contributed by atoms with Crippen molar-refractivity contribution in [1.29, 1.82) is 0 Å². The Hall–Kier alpha value is -2.44. The van der Waals surface area contributed by atoms with Gasteiger partial charge in [0.1, 0.15) is 16.3 Å². The second-order valence-electron chi connectivity index (χ2n) is 2.68. The third kappa shape index (κ3) is 1.50. The maximum Gasteiger partial charge on any atom is 0.433 e. The lowest BCUT2D eigenvalue weighted by atomic mass is 10.3. The molecule has 2 aromatic rings. The lowest BCUT2D eigenvalue weighted by Gasteiger charge is -1.91. The van der Waals surface area contributed by atoms with E-state index in [2.05, 4.69) is 21.9 Å². The average Bonchev–Trinajstić information content (AvgIpc) is 2.85. The number of rotatable bonds is 3. The van der Waals surface area contributed by atoms with Crippen molar-refractivity contribution < 1.29 is 9.34 Å². The van der Waals surface area contributed by atoms with Crippen LogP contribution in [0.25, 0.3) is 11.5 Å². The number of hydrogen-bond acceptors (Lipinski definition) is 5. The van der Waals surface area contributed by atoms with E-state index in [0.717, 1.165) is 0 Å². The number of nitrogens with zero attached hydrogens (tertiary/aromatic N) is 3. The van der Waals surface area contributed by atoms with Gasteiger partial charge in [0.05, 0.1) is 12.3 Å². The normalized spacial score (nSPS) is 10.1. The highest BCUT2D eigenvalue weighted by atomic mass is 16.6. The van der Waals surface area contributed by atoms with Crippen LogP contribution >= 0.6 is 0 Å². The van der Waals surface area contributed by atoms with E-state index in [1.165, 1.54) is 18.3 Å². The Kier molecular flexibility index (Phi) is 2.05. The van der Waals surface area contributed by atoms with Gasteiger partial charge in [0.2, 0.25) is 0 Å². The van der Waals surface area contributed by atoms with Gasteiger partial charge in [0.25, 0.3) is 0 Å². The van der Waals surface area contributed by atoms with Gasteiger partial charge in [-0.3, -0.25) is 20.2 Å². The molecule has 7 heteroatoms. The second-order valence-corrected chi connectivity index (χ2v) is 2.68. The highest BCUT2D eigenvalue weighted by Gasteiger charge is 2.16. The molecule has 76 valence electrons. The summed E-state index contributed by atoms with van der Waals surface area (Å²) >= 11 is 0. The van der Waals surface area contributed by atoms with Crippen LogP contribution in [0.15, 0.2) is 27.7 Å². The van der Waals surface area contributed by atoms with E-state index in [1.54, 1.807) is 0 Å². The minimum atomic E-state index is -0.610. The molecule has 0 spiro atoms. The minimum Gasteiger partial charge on any atom is -0.399 e. The summed E-state index contributed by atoms with van der Waals surface area (Å²) in [5, 5.41) is 16.7. The predicted octanol–water partition coefficient (Wildman–Crippen LogP) is 1.91. The van der Waals surface area contributed by atoms with Gasteiger partial charge in [0, 0.05) is 0 Å². The third-order valence-corrected chi connectivity index (χ3v) is 1.81. The van der Waals surface area contributed by atoms with Crippen molar-refractivity contribution in [3.05, 3.63) is 28.4 Å². The first-order valence-corrected chi connectivity index (χ1v) is 3.97. The van der Waals surface area contributed by atoms with E-state index in [0.29, 0.717) is 17.1 Å². The summed E-state index contributed by atoms with van der Waals surface area (Å²) in [6, 6.07) is 2.74. The van der Waals surface area contributed by atoms with E-state index in [1.807, 2.05) is 0 Å². The molecular formula is C8H6N4O3. The fraction of sp³-hybridized carbons (Fsp3) is 0. The van der Waals surface area contributed by atoms with Gasteiger partial charge in [-0.25, -0.2) is 0 Å². The Labute approximate surface area is 83.6 Å². The van der Waals surface area contributed by atoms with Crippen LogP contribution in [-0.4, -0.2) is 21.8 Å². The molecule has 7 nitrogen and oxygen atoms in total. The number of aliphatic imine (C=N–C) groups is 1. The monoisotopic (exact) mass is 206 g/mol. The van der Waals surface area contributed by atoms with Crippen molar-refractivity contribution in [3.63, 3.8) is 0 Å². The van der Waals surface area contributed by atoms with Crippen molar-refractivity contribution in [2.24, 2.45) is 4.99 Å². The number of nitrogens with one attached hydrogen (secondary N) is 1. The van der Waals surface area contributed by atoms with Gasteiger partial charge in [-0.1, -0.05) is 0 Å². The lowest BCUT2D eigenvalue weighted by Crippen LogP contribution is -1.82. The summed E-state index contributed by atoms with van der Waals surface area (Å²) < 4.78 is 4.97. The van der Waals surface area contributed by atoms with Crippen LogP contribution in [-0.2, 0) is 0 Å². The number of aromatic amines is 1. The maximum absolute atomic E-state index is 10.4. The summed E-state index contributed by atoms with van der Waals surface area (Å²) in [7, 11) is 0. The number of hydrogen-bond donors (Lipinski definition) is 1. The zero-order chi connectivity index (χ0) is 10.8. The van der Waals surface area contributed by atoms with Crippen molar-refractivity contribution in [2.45, 2.75) is 0 Å². The van der Waals surface area contributed by atoms with Gasteiger partial charge < -0.3 is 4.42 Å². The van der Waals surface area contributed by atoms with Crippen LogP contribution in [0.1, 0.15) is 0 Å². The van der Waals surface area contributed by atoms with Crippen molar-refractivity contribution in [1.82, 2.24) is 10.2 Å². The molecule has 0 atom stereocenters. The molecule has 0 aromatic carbocycles. The number of aromatic nitrogens is 2. The predicted molar refractivity (Wildman–Crippen MR) is 52.2 cm³/mol. The largest absolute Gasteiger partial charge is 0.433 e. The Morgan fingerprint density at radius 2 is 2.40 bits per heavy atom. The van der Waals surface area contributed by atoms with Crippen molar-refractivity contribution in [3.8, 4) is 11.5 Å². The molecule has 0 aliphatic rings. The first-order chi connectivity index (χ1) is 7.22. The smallest absolute Gasteiger partial charge is 0.399 e. The van der Waals surface area contributed by atoms with Gasteiger partial charge in [-0.15, -0.1) is 0 Å². The molecule has 0 radical (unpaired) electrons. The summed E-state index contributed by atoms with van der Waals surface area (Å²) in [5.41, 5.74) is 0.956. The quantitative estimate of drug-likeness (QED) is 0.471. The molecule has 2 aromatic heterocycles. The minimum absolute atomic E-state index is 0.307. The zero-order valence-electron chi connectivity index (χ0n) is 7.51. The van der Waals surface area contributed by atoms with E-state index < -0.39 is 4.92 Å². The van der Waals surface area contributed by atoms with Crippen LogP contribution < -0.4 is 0 Å². The lowest BCUT2D eigenvalue weighted by molar-refractivity contribution is -0.401. The molecule has 0 aliphatic carbocycles. The van der Waals surface area contributed by atoms with E-state index in [9.17, 15) is 10.1 Å². The molecule has 0 bridgehead atoms. The highest BCUT2D eigenvalue weighted by molar-refractivity contribution is 5.69. The summed E-state index contributed by atoms with van der Waals surface area (Å²) in [4.78, 5) is 13.5. The molecule has 0 aliphatic heterocycles. The molecule has 2 rings (SSSR count). The van der Waals surface area contributed by atoms with E-state index in [4.69, 9.17) is 4.42 Å². The Morgan fingerprint density at radius 3 is 3.00 bits per heavy atom. The second kappa shape index (κ2) is 3.37. The zero-order valence-corrected chi connectivity index (χ0v) is 7.51. The van der Waals surface area contributed by atoms with Gasteiger partial charge in [-0.2, -0.15) is 5.10 Å². The van der Waals surface area contributed by atoms with Gasteiger partial charge >= 0.3 is 5.88 Å². The first kappa shape index (κ1) is 9.13. The molecule has 1 N–H and O–H groups in total. The van der Waals surface area contributed by atoms with Crippen LogP contribution in [0.2, 0.25) is 0 Å². The average molecular weight is 206 g/mol. The molecule has 0 amide bonds. The SMILES string of the molecule is C=Nc1cn[nH]c1-c1ccc([N+](=O)[O-])o1. The van der Waals surface area contributed by atoms with E-state index in [-0.39, 0.29) is 5.88 Å². The Balaban J connectivity index is 2.45. The van der Waals surface area contributed by atoms with Gasteiger partial charge in [-0.05, 0) is 12.8 Å². The topological polar surface area (TPSA) is 97.3 Å². The Morgan fingerprint density at radius 1 is 1.60 bits per heavy atom. The summed E-state index contributed by atoms with van der Waals surface area (Å²) in [5.74, 6) is -0.0174. The van der Waals surface area contributed by atoms with Gasteiger partial charge in [0.15, 0.2) is 5.76 Å². The standard InChI is InChI=1S/C8H6N4O3/c1-9-5-4-10-11-8(5)6-2-3-7(15-6)12(13)14/h2-4H,1H2,(H,10,11). The molecule has 0 saturated heterocycles.